The Morgan fingerprint density at radius 3 is 2.44 bits per heavy atom. The molecule has 0 saturated carbocycles. The molecule has 1 aromatic rings. The quantitative estimate of drug-likeness (QED) is 0.481. The van der Waals surface area contributed by atoms with Crippen LogP contribution < -0.4 is 14.8 Å². The number of rotatable bonds is 11. The highest BCUT2D eigenvalue weighted by molar-refractivity contribution is 5.78. The number of carbonyl (C=O) groups is 2. The highest BCUT2D eigenvalue weighted by Gasteiger charge is 2.12. The monoisotopic (exact) mass is 352 g/mol. The van der Waals surface area contributed by atoms with E-state index in [2.05, 4.69) is 10.1 Å². The van der Waals surface area contributed by atoms with Crippen molar-refractivity contribution in [3.05, 3.63) is 23.8 Å². The fourth-order valence-corrected chi connectivity index (χ4v) is 2.34. The fourth-order valence-electron chi connectivity index (χ4n) is 2.34. The normalized spacial score (nSPS) is 10.4. The number of carbonyl (C=O) groups excluding carboxylic acids is 2. The van der Waals surface area contributed by atoms with Gasteiger partial charge in [0.25, 0.3) is 0 Å². The maximum atomic E-state index is 12.0. The van der Waals surface area contributed by atoms with E-state index in [1.54, 1.807) is 14.2 Å². The molecular weight excluding hydrogens is 324 g/mol. The van der Waals surface area contributed by atoms with Crippen LogP contribution in [0.2, 0.25) is 0 Å². The standard InChI is InChI=1S/C18H28N2O5/c1-5-20(13-17(21)19-10-6-7-18(22)25-4)12-14-8-9-15(23-2)16(11-14)24-3/h8-9,11H,5-7,10,12-13H2,1-4H3,(H,19,21). The molecule has 1 amide bonds. The zero-order chi connectivity index (χ0) is 18.7. The van der Waals surface area contributed by atoms with Gasteiger partial charge in [-0.1, -0.05) is 13.0 Å². The van der Waals surface area contributed by atoms with Gasteiger partial charge in [-0.2, -0.15) is 0 Å². The summed E-state index contributed by atoms with van der Waals surface area (Å²) < 4.78 is 15.1. The molecule has 140 valence electrons. The highest BCUT2D eigenvalue weighted by atomic mass is 16.5. The number of esters is 1. The molecule has 0 fully saturated rings. The van der Waals surface area contributed by atoms with E-state index in [1.165, 1.54) is 7.11 Å². The average Bonchev–Trinajstić information content (AvgIpc) is 2.64. The van der Waals surface area contributed by atoms with Crippen molar-refractivity contribution in [3.63, 3.8) is 0 Å². The Hall–Kier alpha value is -2.28. The minimum absolute atomic E-state index is 0.0628. The number of nitrogens with one attached hydrogen (secondary N) is 1. The van der Waals surface area contributed by atoms with Gasteiger partial charge < -0.3 is 19.5 Å². The summed E-state index contributed by atoms with van der Waals surface area (Å²) in [5.41, 5.74) is 1.04. The third-order valence-electron chi connectivity index (χ3n) is 3.78. The van der Waals surface area contributed by atoms with E-state index >= 15 is 0 Å². The van der Waals surface area contributed by atoms with Crippen molar-refractivity contribution in [2.24, 2.45) is 0 Å². The summed E-state index contributed by atoms with van der Waals surface area (Å²) in [7, 11) is 4.55. The van der Waals surface area contributed by atoms with Crippen molar-refractivity contribution in [1.29, 1.82) is 0 Å². The van der Waals surface area contributed by atoms with E-state index in [0.29, 0.717) is 44.0 Å². The molecule has 0 radical (unpaired) electrons. The Labute approximate surface area is 149 Å². The van der Waals surface area contributed by atoms with Gasteiger partial charge in [-0.3, -0.25) is 14.5 Å². The van der Waals surface area contributed by atoms with Crippen LogP contribution in [0.15, 0.2) is 18.2 Å². The van der Waals surface area contributed by atoms with Crippen LogP contribution in [0.5, 0.6) is 11.5 Å². The molecule has 0 spiro atoms. The number of methoxy groups -OCH3 is 3. The second-order valence-corrected chi connectivity index (χ2v) is 5.52. The molecule has 0 aliphatic rings. The molecule has 0 aliphatic carbocycles. The van der Waals surface area contributed by atoms with Crippen molar-refractivity contribution < 1.29 is 23.8 Å². The van der Waals surface area contributed by atoms with E-state index in [9.17, 15) is 9.59 Å². The van der Waals surface area contributed by atoms with Gasteiger partial charge in [0, 0.05) is 19.5 Å². The molecule has 0 aromatic heterocycles. The smallest absolute Gasteiger partial charge is 0.305 e. The molecule has 0 bridgehead atoms. The number of hydrogen-bond donors (Lipinski definition) is 1. The molecule has 1 rings (SSSR count). The van der Waals surface area contributed by atoms with E-state index < -0.39 is 0 Å². The number of hydrogen-bond acceptors (Lipinski definition) is 6. The van der Waals surface area contributed by atoms with E-state index in [4.69, 9.17) is 9.47 Å². The lowest BCUT2D eigenvalue weighted by atomic mass is 10.2. The zero-order valence-corrected chi connectivity index (χ0v) is 15.5. The second kappa shape index (κ2) is 11.3. The van der Waals surface area contributed by atoms with Gasteiger partial charge in [0.15, 0.2) is 11.5 Å². The first-order valence-corrected chi connectivity index (χ1v) is 8.30. The summed E-state index contributed by atoms with van der Waals surface area (Å²) in [5, 5.41) is 2.82. The zero-order valence-electron chi connectivity index (χ0n) is 15.5. The van der Waals surface area contributed by atoms with Crippen LogP contribution >= 0.6 is 0 Å². The van der Waals surface area contributed by atoms with Crippen LogP contribution in [0, 0.1) is 0 Å². The maximum Gasteiger partial charge on any atom is 0.305 e. The molecule has 0 heterocycles. The van der Waals surface area contributed by atoms with Crippen LogP contribution in [0.3, 0.4) is 0 Å². The summed E-state index contributed by atoms with van der Waals surface area (Å²) in [6.45, 7) is 4.13. The van der Waals surface area contributed by atoms with E-state index in [0.717, 1.165) is 12.1 Å². The molecule has 0 atom stereocenters. The summed E-state index contributed by atoms with van der Waals surface area (Å²) in [5.74, 6) is 1.02. The van der Waals surface area contributed by atoms with Crippen LogP contribution in [-0.2, 0) is 20.9 Å². The maximum absolute atomic E-state index is 12.0. The first-order chi connectivity index (χ1) is 12.0. The predicted octanol–water partition coefficient (Wildman–Crippen LogP) is 1.60. The van der Waals surface area contributed by atoms with Crippen LogP contribution in [0.25, 0.3) is 0 Å². The number of nitrogens with zero attached hydrogens (tertiary/aromatic N) is 1. The minimum Gasteiger partial charge on any atom is -0.493 e. The Balaban J connectivity index is 2.48. The second-order valence-electron chi connectivity index (χ2n) is 5.52. The third-order valence-corrected chi connectivity index (χ3v) is 3.78. The lowest BCUT2D eigenvalue weighted by Crippen LogP contribution is -2.37. The van der Waals surface area contributed by atoms with Crippen molar-refractivity contribution in [3.8, 4) is 11.5 Å². The van der Waals surface area contributed by atoms with Gasteiger partial charge in [-0.25, -0.2) is 0 Å². The molecular formula is C18H28N2O5. The summed E-state index contributed by atoms with van der Waals surface area (Å²) in [6, 6.07) is 5.73. The average molecular weight is 352 g/mol. The third kappa shape index (κ3) is 7.43. The fraction of sp³-hybridized carbons (Fsp3) is 0.556. The molecule has 0 aliphatic heterocycles. The molecule has 1 N–H and O–H groups in total. The number of amides is 1. The summed E-state index contributed by atoms with van der Waals surface area (Å²) in [6.07, 6.45) is 0.875. The topological polar surface area (TPSA) is 77.1 Å². The minimum atomic E-state index is -0.266. The van der Waals surface area contributed by atoms with Crippen LogP contribution in [0.4, 0.5) is 0 Å². The molecule has 25 heavy (non-hydrogen) atoms. The Kier molecular flexibility index (Phi) is 9.39. The lowest BCUT2D eigenvalue weighted by Gasteiger charge is -2.20. The Morgan fingerprint density at radius 2 is 1.84 bits per heavy atom. The molecule has 0 unspecified atom stereocenters. The van der Waals surface area contributed by atoms with E-state index in [-0.39, 0.29) is 11.9 Å². The number of ether oxygens (including phenoxy) is 3. The molecule has 7 nitrogen and oxygen atoms in total. The molecule has 1 aromatic carbocycles. The van der Waals surface area contributed by atoms with Gasteiger partial charge in [0.1, 0.15) is 0 Å². The largest absolute Gasteiger partial charge is 0.493 e. The van der Waals surface area contributed by atoms with Crippen molar-refractivity contribution in [2.75, 3.05) is 41.0 Å². The Morgan fingerprint density at radius 1 is 1.12 bits per heavy atom. The predicted molar refractivity (Wildman–Crippen MR) is 94.8 cm³/mol. The SMILES string of the molecule is CCN(CC(=O)NCCCC(=O)OC)Cc1ccc(OC)c(OC)c1. The summed E-state index contributed by atoms with van der Waals surface area (Å²) >= 11 is 0. The van der Waals surface area contributed by atoms with Gasteiger partial charge in [-0.05, 0) is 30.7 Å². The van der Waals surface area contributed by atoms with Crippen molar-refractivity contribution in [1.82, 2.24) is 10.2 Å². The molecule has 0 saturated heterocycles. The summed E-state index contributed by atoms with van der Waals surface area (Å²) in [4.78, 5) is 25.1. The first-order valence-electron chi connectivity index (χ1n) is 8.30. The van der Waals surface area contributed by atoms with Gasteiger partial charge in [-0.15, -0.1) is 0 Å². The molecule has 7 heteroatoms. The number of likely N-dealkylation sites (N-methyl/N-ethyl adjacent to an activating group) is 1. The number of benzene rings is 1. The highest BCUT2D eigenvalue weighted by Crippen LogP contribution is 2.27. The van der Waals surface area contributed by atoms with Crippen molar-refractivity contribution >= 4 is 11.9 Å². The van der Waals surface area contributed by atoms with Crippen LogP contribution in [0.1, 0.15) is 25.3 Å². The van der Waals surface area contributed by atoms with Crippen LogP contribution in [-0.4, -0.2) is 57.7 Å². The van der Waals surface area contributed by atoms with E-state index in [1.807, 2.05) is 30.0 Å². The first kappa shape index (κ1) is 20.8. The van der Waals surface area contributed by atoms with Gasteiger partial charge in [0.05, 0.1) is 27.9 Å². The van der Waals surface area contributed by atoms with Gasteiger partial charge >= 0.3 is 5.97 Å². The Bertz CT molecular complexity index is 562. The lowest BCUT2D eigenvalue weighted by molar-refractivity contribution is -0.140. The van der Waals surface area contributed by atoms with Gasteiger partial charge in [0.2, 0.25) is 5.91 Å². The van der Waals surface area contributed by atoms with Crippen molar-refractivity contribution in [2.45, 2.75) is 26.3 Å².